The number of carbonyl (C=O) groups excluding carboxylic acids is 3. The van der Waals surface area contributed by atoms with Gasteiger partial charge in [0.1, 0.15) is 5.82 Å². The van der Waals surface area contributed by atoms with E-state index in [0.29, 0.717) is 36.6 Å². The molecule has 0 spiro atoms. The Balaban J connectivity index is 1.37. The van der Waals surface area contributed by atoms with E-state index in [1.165, 1.54) is 4.90 Å². The molecule has 0 saturated heterocycles. The lowest BCUT2D eigenvalue weighted by atomic mass is 10.1. The van der Waals surface area contributed by atoms with Gasteiger partial charge < -0.3 is 15.5 Å². The van der Waals surface area contributed by atoms with Gasteiger partial charge in [0.05, 0.1) is 11.1 Å². The maximum Gasteiger partial charge on any atom is 0.261 e. The normalized spacial score (nSPS) is 12.7. The van der Waals surface area contributed by atoms with Crippen molar-refractivity contribution in [3.05, 3.63) is 47.2 Å². The van der Waals surface area contributed by atoms with Crippen LogP contribution < -0.4 is 15.5 Å². The fraction of sp³-hybridized carbons (Fsp3) is 0.381. The summed E-state index contributed by atoms with van der Waals surface area (Å²) in [4.78, 5) is 48.5. The van der Waals surface area contributed by atoms with Crippen LogP contribution >= 0.6 is 0 Å². The number of rotatable bonds is 9. The molecule has 0 fully saturated rings. The van der Waals surface area contributed by atoms with Gasteiger partial charge in [-0.3, -0.25) is 19.3 Å². The van der Waals surface area contributed by atoms with E-state index in [2.05, 4.69) is 20.6 Å². The van der Waals surface area contributed by atoms with E-state index in [9.17, 15) is 14.4 Å². The zero-order valence-corrected chi connectivity index (χ0v) is 17.4. The maximum atomic E-state index is 12.3. The van der Waals surface area contributed by atoms with Crippen LogP contribution in [0.2, 0.25) is 0 Å². The van der Waals surface area contributed by atoms with Gasteiger partial charge >= 0.3 is 0 Å². The molecular formula is C21H26N6O3. The molecule has 1 aromatic heterocycles. The largest absolute Gasteiger partial charge is 0.363 e. The van der Waals surface area contributed by atoms with Gasteiger partial charge in [-0.2, -0.15) is 4.98 Å². The van der Waals surface area contributed by atoms with E-state index < -0.39 is 0 Å². The van der Waals surface area contributed by atoms with Gasteiger partial charge in [0.2, 0.25) is 11.9 Å². The number of hydrogen-bond donors (Lipinski definition) is 2. The first-order valence-electron chi connectivity index (χ1n) is 9.85. The Labute approximate surface area is 175 Å². The van der Waals surface area contributed by atoms with Crippen LogP contribution in [0.3, 0.4) is 0 Å². The van der Waals surface area contributed by atoms with Crippen LogP contribution in [0.4, 0.5) is 11.8 Å². The highest BCUT2D eigenvalue weighted by atomic mass is 16.2. The molecule has 2 heterocycles. The molecule has 9 heteroatoms. The number of anilines is 2. The Hall–Kier alpha value is -3.49. The molecule has 1 aliphatic rings. The number of aromatic nitrogens is 2. The number of hydrogen-bond acceptors (Lipinski definition) is 7. The summed E-state index contributed by atoms with van der Waals surface area (Å²) >= 11 is 0. The molecule has 9 nitrogen and oxygen atoms in total. The molecule has 2 aromatic rings. The lowest BCUT2D eigenvalue weighted by Crippen LogP contribution is -2.33. The van der Waals surface area contributed by atoms with Gasteiger partial charge in [-0.25, -0.2) is 4.98 Å². The molecule has 3 amide bonds. The zero-order chi connectivity index (χ0) is 21.7. The molecule has 0 atom stereocenters. The van der Waals surface area contributed by atoms with Crippen LogP contribution in [0, 0.1) is 6.92 Å². The Morgan fingerprint density at radius 2 is 1.73 bits per heavy atom. The highest BCUT2D eigenvalue weighted by Crippen LogP contribution is 2.22. The smallest absolute Gasteiger partial charge is 0.261 e. The molecule has 1 aliphatic heterocycles. The van der Waals surface area contributed by atoms with Crippen molar-refractivity contribution in [2.45, 2.75) is 19.8 Å². The minimum absolute atomic E-state index is 0.132. The molecule has 2 N–H and O–H groups in total. The predicted molar refractivity (Wildman–Crippen MR) is 114 cm³/mol. The number of fused-ring (bicyclic) bond motifs is 1. The van der Waals surface area contributed by atoms with Crippen molar-refractivity contribution in [3.8, 4) is 0 Å². The number of imide groups is 1. The zero-order valence-electron chi connectivity index (χ0n) is 17.4. The van der Waals surface area contributed by atoms with E-state index in [1.54, 1.807) is 24.3 Å². The molecule has 0 unspecified atom stereocenters. The summed E-state index contributed by atoms with van der Waals surface area (Å²) in [5, 5.41) is 5.91. The summed E-state index contributed by atoms with van der Waals surface area (Å²) in [7, 11) is 3.82. The van der Waals surface area contributed by atoms with E-state index in [4.69, 9.17) is 0 Å². The van der Waals surface area contributed by atoms with Crippen LogP contribution in [-0.4, -0.2) is 66.3 Å². The quantitative estimate of drug-likeness (QED) is 0.476. The lowest BCUT2D eigenvalue weighted by molar-refractivity contribution is -0.121. The maximum absolute atomic E-state index is 12.3. The number of amides is 3. The van der Waals surface area contributed by atoms with E-state index in [-0.39, 0.29) is 30.7 Å². The average Bonchev–Trinajstić information content (AvgIpc) is 2.96. The molecule has 1 aromatic carbocycles. The lowest BCUT2D eigenvalue weighted by Gasteiger charge is -2.14. The molecule has 3 rings (SSSR count). The molecule has 0 bridgehead atoms. The molecular weight excluding hydrogens is 384 g/mol. The minimum Gasteiger partial charge on any atom is -0.363 e. The molecule has 0 radical (unpaired) electrons. The van der Waals surface area contributed by atoms with Crippen LogP contribution in [0.25, 0.3) is 0 Å². The Morgan fingerprint density at radius 3 is 2.37 bits per heavy atom. The number of nitrogens with one attached hydrogen (secondary N) is 2. The number of carbonyl (C=O) groups is 3. The molecule has 0 aliphatic carbocycles. The first-order valence-corrected chi connectivity index (χ1v) is 9.85. The second kappa shape index (κ2) is 9.34. The van der Waals surface area contributed by atoms with Gasteiger partial charge in [0.25, 0.3) is 11.8 Å². The fourth-order valence-electron chi connectivity index (χ4n) is 3.16. The minimum atomic E-state index is -0.296. The second-order valence-corrected chi connectivity index (χ2v) is 7.27. The van der Waals surface area contributed by atoms with E-state index >= 15 is 0 Å². The van der Waals surface area contributed by atoms with Crippen LogP contribution in [-0.2, 0) is 4.79 Å². The Morgan fingerprint density at radius 1 is 1.07 bits per heavy atom. The number of nitrogens with zero attached hydrogens (tertiary/aromatic N) is 4. The third kappa shape index (κ3) is 4.91. The Kier molecular flexibility index (Phi) is 6.61. The summed E-state index contributed by atoms with van der Waals surface area (Å²) in [6.07, 6.45) is 0.650. The average molecular weight is 410 g/mol. The van der Waals surface area contributed by atoms with Crippen molar-refractivity contribution in [2.24, 2.45) is 0 Å². The van der Waals surface area contributed by atoms with Crippen molar-refractivity contribution < 1.29 is 14.4 Å². The van der Waals surface area contributed by atoms with Crippen molar-refractivity contribution in [1.29, 1.82) is 0 Å². The highest BCUT2D eigenvalue weighted by molar-refractivity contribution is 6.21. The highest BCUT2D eigenvalue weighted by Gasteiger charge is 2.34. The fourth-order valence-corrected chi connectivity index (χ4v) is 3.16. The van der Waals surface area contributed by atoms with Gasteiger partial charge in [-0.1, -0.05) is 12.1 Å². The first kappa shape index (κ1) is 21.2. The predicted octanol–water partition coefficient (Wildman–Crippen LogP) is 1.46. The third-order valence-corrected chi connectivity index (χ3v) is 4.69. The van der Waals surface area contributed by atoms with Gasteiger partial charge in [0.15, 0.2) is 0 Å². The van der Waals surface area contributed by atoms with Crippen LogP contribution in [0.1, 0.15) is 39.3 Å². The second-order valence-electron chi connectivity index (χ2n) is 7.27. The monoisotopic (exact) mass is 410 g/mol. The van der Waals surface area contributed by atoms with E-state index in [0.717, 1.165) is 11.5 Å². The standard InChI is InChI=1S/C21H26N6O3/c1-14-13-17(26(2)3)25-21(24-14)23-11-10-22-18(28)9-6-12-27-19(29)15-7-4-5-8-16(15)20(27)30/h4-5,7-8,13H,6,9-12H2,1-3H3,(H,22,28)(H,23,24,25). The first-order chi connectivity index (χ1) is 14.4. The van der Waals surface area contributed by atoms with Crippen molar-refractivity contribution in [1.82, 2.24) is 20.2 Å². The van der Waals surface area contributed by atoms with Gasteiger partial charge in [-0.15, -0.1) is 0 Å². The summed E-state index contributed by atoms with van der Waals surface area (Å²) in [6.45, 7) is 3.03. The molecule has 30 heavy (non-hydrogen) atoms. The van der Waals surface area contributed by atoms with Crippen molar-refractivity contribution >= 4 is 29.5 Å². The van der Waals surface area contributed by atoms with Crippen molar-refractivity contribution in [2.75, 3.05) is 43.9 Å². The summed E-state index contributed by atoms with van der Waals surface area (Å²) in [5.41, 5.74) is 1.70. The van der Waals surface area contributed by atoms with Gasteiger partial charge in [-0.05, 0) is 25.5 Å². The van der Waals surface area contributed by atoms with Gasteiger partial charge in [0, 0.05) is 51.9 Å². The molecule has 0 saturated carbocycles. The SMILES string of the molecule is Cc1cc(N(C)C)nc(NCCNC(=O)CCCN2C(=O)c3ccccc3C2=O)n1. The van der Waals surface area contributed by atoms with Crippen LogP contribution in [0.15, 0.2) is 30.3 Å². The number of benzene rings is 1. The summed E-state index contributed by atoms with van der Waals surface area (Å²) in [5.74, 6) is 0.597. The van der Waals surface area contributed by atoms with E-state index in [1.807, 2.05) is 32.0 Å². The van der Waals surface area contributed by atoms with Crippen molar-refractivity contribution in [3.63, 3.8) is 0 Å². The Bertz CT molecular complexity index is 925. The van der Waals surface area contributed by atoms with Crippen LogP contribution in [0.5, 0.6) is 0 Å². The number of aryl methyl sites for hydroxylation is 1. The third-order valence-electron chi connectivity index (χ3n) is 4.69. The molecule has 158 valence electrons. The topological polar surface area (TPSA) is 108 Å². The summed E-state index contributed by atoms with van der Waals surface area (Å²) in [6, 6.07) is 8.65. The summed E-state index contributed by atoms with van der Waals surface area (Å²) < 4.78 is 0.